The molecule has 0 atom stereocenters. The van der Waals surface area contributed by atoms with Crippen molar-refractivity contribution >= 4 is 32.7 Å². The first-order chi connectivity index (χ1) is 11.1. The molecule has 5 nitrogen and oxygen atoms in total. The van der Waals surface area contributed by atoms with E-state index in [-0.39, 0.29) is 18.0 Å². The molecule has 3 rings (SSSR count). The lowest BCUT2D eigenvalue weighted by molar-refractivity contribution is 0.0949. The van der Waals surface area contributed by atoms with Gasteiger partial charge in [-0.1, -0.05) is 28.1 Å². The molecule has 0 aliphatic rings. The molecule has 6 heteroatoms. The minimum absolute atomic E-state index is 0.122. The van der Waals surface area contributed by atoms with Crippen molar-refractivity contribution in [2.24, 2.45) is 7.05 Å². The first-order valence-corrected chi connectivity index (χ1v) is 7.84. The maximum Gasteiger partial charge on any atom is 0.261 e. The van der Waals surface area contributed by atoms with Crippen LogP contribution in [0.5, 0.6) is 0 Å². The lowest BCUT2D eigenvalue weighted by atomic mass is 10.2. The Hall–Kier alpha value is -2.47. The summed E-state index contributed by atoms with van der Waals surface area (Å²) in [5, 5.41) is 3.36. The number of fused-ring (bicyclic) bond motifs is 1. The molecule has 1 aromatic heterocycles. The van der Waals surface area contributed by atoms with Crippen molar-refractivity contribution in [1.82, 2.24) is 14.9 Å². The topological polar surface area (TPSA) is 64.0 Å². The van der Waals surface area contributed by atoms with Crippen molar-refractivity contribution < 1.29 is 4.79 Å². The zero-order valence-corrected chi connectivity index (χ0v) is 14.0. The van der Waals surface area contributed by atoms with Gasteiger partial charge in [0, 0.05) is 17.1 Å². The Bertz CT molecular complexity index is 933. The Kier molecular flexibility index (Phi) is 4.25. The van der Waals surface area contributed by atoms with Gasteiger partial charge in [0.05, 0.1) is 17.4 Å². The van der Waals surface area contributed by atoms with E-state index in [1.807, 2.05) is 6.07 Å². The van der Waals surface area contributed by atoms with Crippen LogP contribution in [0.15, 0.2) is 57.8 Å². The van der Waals surface area contributed by atoms with Gasteiger partial charge in [-0.25, -0.2) is 4.98 Å². The predicted molar refractivity (Wildman–Crippen MR) is 92.3 cm³/mol. The van der Waals surface area contributed by atoms with E-state index in [4.69, 9.17) is 0 Å². The number of hydrogen-bond acceptors (Lipinski definition) is 3. The normalized spacial score (nSPS) is 10.7. The highest BCUT2D eigenvalue weighted by Gasteiger charge is 2.10. The van der Waals surface area contributed by atoms with Crippen molar-refractivity contribution in [3.8, 4) is 0 Å². The van der Waals surface area contributed by atoms with Crippen LogP contribution in [0.4, 0.5) is 0 Å². The molecule has 1 heterocycles. The molecule has 0 fully saturated rings. The number of para-hydroxylation sites is 1. The number of benzene rings is 2. The molecule has 0 saturated carbocycles. The average Bonchev–Trinajstić information content (AvgIpc) is 2.57. The number of rotatable bonds is 3. The maximum atomic E-state index is 12.3. The summed E-state index contributed by atoms with van der Waals surface area (Å²) >= 11 is 3.33. The van der Waals surface area contributed by atoms with Crippen LogP contribution in [0.2, 0.25) is 0 Å². The first-order valence-electron chi connectivity index (χ1n) is 7.04. The number of carbonyl (C=O) groups excluding carboxylic acids is 1. The molecule has 0 spiro atoms. The minimum atomic E-state index is -0.208. The van der Waals surface area contributed by atoms with Crippen molar-refractivity contribution in [1.29, 1.82) is 0 Å². The standard InChI is InChI=1S/C17H14BrN3O2/c1-21-15(20-14-5-3-2-4-13(14)17(21)23)10-19-16(22)11-6-8-12(18)9-7-11/h2-9H,10H2,1H3,(H,19,22). The van der Waals surface area contributed by atoms with Gasteiger partial charge in [-0.2, -0.15) is 0 Å². The second kappa shape index (κ2) is 6.34. The summed E-state index contributed by atoms with van der Waals surface area (Å²) < 4.78 is 2.37. The molecular formula is C17H14BrN3O2. The molecule has 1 N–H and O–H groups in total. The number of amides is 1. The second-order valence-corrected chi connectivity index (χ2v) is 6.01. The molecule has 0 aliphatic carbocycles. The zero-order valence-electron chi connectivity index (χ0n) is 12.4. The van der Waals surface area contributed by atoms with Crippen LogP contribution in [0.3, 0.4) is 0 Å². The zero-order chi connectivity index (χ0) is 16.4. The summed E-state index contributed by atoms with van der Waals surface area (Å²) in [6.07, 6.45) is 0. The van der Waals surface area contributed by atoms with Gasteiger partial charge >= 0.3 is 0 Å². The Morgan fingerprint density at radius 2 is 1.87 bits per heavy atom. The van der Waals surface area contributed by atoms with Crippen LogP contribution in [0, 0.1) is 0 Å². The molecule has 0 bridgehead atoms. The number of nitrogens with zero attached hydrogens (tertiary/aromatic N) is 2. The number of nitrogens with one attached hydrogen (secondary N) is 1. The summed E-state index contributed by atoms with van der Waals surface area (Å²) in [4.78, 5) is 28.9. The molecule has 23 heavy (non-hydrogen) atoms. The Labute approximate surface area is 141 Å². The molecule has 0 unspecified atom stereocenters. The fourth-order valence-electron chi connectivity index (χ4n) is 2.28. The summed E-state index contributed by atoms with van der Waals surface area (Å²) in [6, 6.07) is 14.2. The maximum absolute atomic E-state index is 12.3. The van der Waals surface area contributed by atoms with Crippen molar-refractivity contribution in [2.45, 2.75) is 6.54 Å². The highest BCUT2D eigenvalue weighted by atomic mass is 79.9. The summed E-state index contributed by atoms with van der Waals surface area (Å²) in [7, 11) is 1.66. The van der Waals surface area contributed by atoms with Gasteiger partial charge in [0.15, 0.2) is 0 Å². The van der Waals surface area contributed by atoms with Crippen molar-refractivity contribution in [2.75, 3.05) is 0 Å². The third-order valence-corrected chi connectivity index (χ3v) is 4.12. The quantitative estimate of drug-likeness (QED) is 0.769. The average molecular weight is 372 g/mol. The Morgan fingerprint density at radius 1 is 1.17 bits per heavy atom. The smallest absolute Gasteiger partial charge is 0.261 e. The van der Waals surface area contributed by atoms with Gasteiger partial charge in [-0.05, 0) is 36.4 Å². The summed E-state index contributed by atoms with van der Waals surface area (Å²) in [5.74, 6) is 0.305. The monoisotopic (exact) mass is 371 g/mol. The molecule has 1 amide bonds. The second-order valence-electron chi connectivity index (χ2n) is 5.10. The molecule has 0 aliphatic heterocycles. The number of carbonyl (C=O) groups is 1. The molecule has 0 radical (unpaired) electrons. The van der Waals surface area contributed by atoms with Gasteiger partial charge in [-0.15, -0.1) is 0 Å². The Balaban J connectivity index is 1.84. The molecule has 116 valence electrons. The largest absolute Gasteiger partial charge is 0.345 e. The van der Waals surface area contributed by atoms with E-state index < -0.39 is 0 Å². The van der Waals surface area contributed by atoms with Crippen LogP contribution in [0.25, 0.3) is 10.9 Å². The lowest BCUT2D eigenvalue weighted by Crippen LogP contribution is -2.29. The van der Waals surface area contributed by atoms with E-state index in [1.54, 1.807) is 49.5 Å². The van der Waals surface area contributed by atoms with E-state index in [0.717, 1.165) is 4.47 Å². The number of hydrogen-bond donors (Lipinski definition) is 1. The number of halogens is 1. The van der Waals surface area contributed by atoms with Gasteiger partial charge < -0.3 is 5.32 Å². The first kappa shape index (κ1) is 15.4. The van der Waals surface area contributed by atoms with E-state index in [9.17, 15) is 9.59 Å². The van der Waals surface area contributed by atoms with Gasteiger partial charge in [0.25, 0.3) is 11.5 Å². The van der Waals surface area contributed by atoms with Crippen LogP contribution in [-0.4, -0.2) is 15.5 Å². The van der Waals surface area contributed by atoms with Crippen LogP contribution >= 0.6 is 15.9 Å². The number of aromatic nitrogens is 2. The van der Waals surface area contributed by atoms with E-state index in [2.05, 4.69) is 26.2 Å². The molecular weight excluding hydrogens is 358 g/mol. The van der Waals surface area contributed by atoms with Crippen molar-refractivity contribution in [3.05, 3.63) is 74.7 Å². The fourth-order valence-corrected chi connectivity index (χ4v) is 2.55. The summed E-state index contributed by atoms with van der Waals surface area (Å²) in [5.41, 5.74) is 1.06. The van der Waals surface area contributed by atoms with Crippen molar-refractivity contribution in [3.63, 3.8) is 0 Å². The third kappa shape index (κ3) is 3.17. The van der Waals surface area contributed by atoms with E-state index >= 15 is 0 Å². The highest BCUT2D eigenvalue weighted by Crippen LogP contribution is 2.11. The highest BCUT2D eigenvalue weighted by molar-refractivity contribution is 9.10. The SMILES string of the molecule is Cn1c(CNC(=O)c2ccc(Br)cc2)nc2ccccc2c1=O. The van der Waals surface area contributed by atoms with Crippen LogP contribution in [-0.2, 0) is 13.6 Å². The molecule has 0 saturated heterocycles. The Morgan fingerprint density at radius 3 is 2.61 bits per heavy atom. The summed E-state index contributed by atoms with van der Waals surface area (Å²) in [6.45, 7) is 0.186. The van der Waals surface area contributed by atoms with Gasteiger partial charge in [-0.3, -0.25) is 14.2 Å². The van der Waals surface area contributed by atoms with Gasteiger partial charge in [0.1, 0.15) is 5.82 Å². The van der Waals surface area contributed by atoms with E-state index in [0.29, 0.717) is 22.3 Å². The molecule has 3 aromatic rings. The fraction of sp³-hybridized carbons (Fsp3) is 0.118. The van der Waals surface area contributed by atoms with E-state index in [1.165, 1.54) is 4.57 Å². The minimum Gasteiger partial charge on any atom is -0.345 e. The lowest BCUT2D eigenvalue weighted by Gasteiger charge is -2.10. The van der Waals surface area contributed by atoms with Crippen LogP contribution < -0.4 is 10.9 Å². The van der Waals surface area contributed by atoms with Gasteiger partial charge in [0.2, 0.25) is 0 Å². The van der Waals surface area contributed by atoms with Crippen LogP contribution in [0.1, 0.15) is 16.2 Å². The molecule has 2 aromatic carbocycles. The predicted octanol–water partition coefficient (Wildman–Crippen LogP) is 2.63. The third-order valence-electron chi connectivity index (χ3n) is 3.59.